The number of rotatable bonds is 6. The van der Waals surface area contributed by atoms with Crippen LogP contribution in [0.4, 0.5) is 5.69 Å². The second-order valence-electron chi connectivity index (χ2n) is 6.46. The highest BCUT2D eigenvalue weighted by Crippen LogP contribution is 2.23. The minimum Gasteiger partial charge on any atom is -0.496 e. The molecule has 144 valence electrons. The molecule has 1 aliphatic heterocycles. The standard InChI is InChI=1S/C20H24N2O4S/c1-26-19-7-3-2-6-16(19)12-13-21-20(23)17-8-10-18(11-9-17)22-14-4-5-15-27(22,24)25/h2-3,6-11H,4-5,12-15H2,1H3,(H,21,23). The maximum absolute atomic E-state index is 12.3. The molecule has 1 saturated heterocycles. The SMILES string of the molecule is COc1ccccc1CCNC(=O)c1ccc(N2CCCCS2(=O)=O)cc1. The summed E-state index contributed by atoms with van der Waals surface area (Å²) >= 11 is 0. The van der Waals surface area contributed by atoms with Crippen LogP contribution in [0.1, 0.15) is 28.8 Å². The molecule has 2 aromatic rings. The molecule has 1 heterocycles. The number of para-hydroxylation sites is 1. The van der Waals surface area contributed by atoms with E-state index in [1.807, 2.05) is 24.3 Å². The molecule has 2 aromatic carbocycles. The van der Waals surface area contributed by atoms with Gasteiger partial charge >= 0.3 is 0 Å². The number of benzene rings is 2. The van der Waals surface area contributed by atoms with Crippen molar-refractivity contribution >= 4 is 21.6 Å². The fraction of sp³-hybridized carbons (Fsp3) is 0.350. The Hall–Kier alpha value is -2.54. The summed E-state index contributed by atoms with van der Waals surface area (Å²) in [6, 6.07) is 14.4. The Labute approximate surface area is 160 Å². The number of hydrogen-bond donors (Lipinski definition) is 1. The van der Waals surface area contributed by atoms with E-state index in [1.165, 1.54) is 4.31 Å². The van der Waals surface area contributed by atoms with Crippen molar-refractivity contribution in [1.29, 1.82) is 0 Å². The van der Waals surface area contributed by atoms with Crippen molar-refractivity contribution in [1.82, 2.24) is 5.32 Å². The van der Waals surface area contributed by atoms with E-state index in [-0.39, 0.29) is 11.7 Å². The molecule has 0 saturated carbocycles. The van der Waals surface area contributed by atoms with Crippen molar-refractivity contribution < 1.29 is 17.9 Å². The summed E-state index contributed by atoms with van der Waals surface area (Å²) in [5, 5.41) is 2.89. The number of carbonyl (C=O) groups is 1. The Kier molecular flexibility index (Phi) is 6.01. The van der Waals surface area contributed by atoms with E-state index in [2.05, 4.69) is 5.32 Å². The molecule has 0 radical (unpaired) electrons. The minimum absolute atomic E-state index is 0.179. The monoisotopic (exact) mass is 388 g/mol. The summed E-state index contributed by atoms with van der Waals surface area (Å²) < 4.78 is 31.1. The van der Waals surface area contributed by atoms with E-state index in [4.69, 9.17) is 4.74 Å². The van der Waals surface area contributed by atoms with Crippen molar-refractivity contribution in [3.8, 4) is 5.75 Å². The Balaban J connectivity index is 1.59. The van der Waals surface area contributed by atoms with E-state index in [9.17, 15) is 13.2 Å². The number of nitrogens with zero attached hydrogens (tertiary/aromatic N) is 1. The molecule has 7 heteroatoms. The fourth-order valence-corrected chi connectivity index (χ4v) is 4.82. The normalized spacial score (nSPS) is 16.0. The van der Waals surface area contributed by atoms with Gasteiger partial charge in [0.25, 0.3) is 5.91 Å². The zero-order valence-electron chi connectivity index (χ0n) is 15.3. The van der Waals surface area contributed by atoms with Gasteiger partial charge in [0.05, 0.1) is 18.6 Å². The summed E-state index contributed by atoms with van der Waals surface area (Å²) in [5.74, 6) is 0.801. The maximum Gasteiger partial charge on any atom is 0.251 e. The molecule has 1 N–H and O–H groups in total. The van der Waals surface area contributed by atoms with Crippen LogP contribution in [0, 0.1) is 0 Å². The van der Waals surface area contributed by atoms with Gasteiger partial charge in [-0.2, -0.15) is 0 Å². The Morgan fingerprint density at radius 2 is 1.85 bits per heavy atom. The van der Waals surface area contributed by atoms with Crippen molar-refractivity contribution in [2.45, 2.75) is 19.3 Å². The summed E-state index contributed by atoms with van der Waals surface area (Å²) in [4.78, 5) is 12.3. The van der Waals surface area contributed by atoms with E-state index in [0.29, 0.717) is 37.2 Å². The molecular weight excluding hydrogens is 364 g/mol. The van der Waals surface area contributed by atoms with Crippen molar-refractivity contribution in [3.05, 3.63) is 59.7 Å². The summed E-state index contributed by atoms with van der Waals surface area (Å²) in [5.41, 5.74) is 2.15. The molecule has 0 aromatic heterocycles. The van der Waals surface area contributed by atoms with Gasteiger partial charge in [0, 0.05) is 18.7 Å². The fourth-order valence-electron chi connectivity index (χ4n) is 3.18. The predicted molar refractivity (Wildman–Crippen MR) is 106 cm³/mol. The number of methoxy groups -OCH3 is 1. The third-order valence-electron chi connectivity index (χ3n) is 4.64. The number of sulfonamides is 1. The number of hydrogen-bond acceptors (Lipinski definition) is 4. The second kappa shape index (κ2) is 8.43. The highest BCUT2D eigenvalue weighted by atomic mass is 32.2. The minimum atomic E-state index is -3.24. The van der Waals surface area contributed by atoms with Gasteiger partial charge in [-0.3, -0.25) is 9.10 Å². The molecule has 0 aliphatic carbocycles. The van der Waals surface area contributed by atoms with Crippen LogP contribution in [0.3, 0.4) is 0 Å². The summed E-state index contributed by atoms with van der Waals surface area (Å²) in [7, 11) is -1.61. The van der Waals surface area contributed by atoms with Crippen LogP contribution in [0.15, 0.2) is 48.5 Å². The van der Waals surface area contributed by atoms with Crippen LogP contribution in [-0.2, 0) is 16.4 Å². The average molecular weight is 388 g/mol. The van der Waals surface area contributed by atoms with Gasteiger partial charge in [-0.25, -0.2) is 8.42 Å². The van der Waals surface area contributed by atoms with Gasteiger partial charge in [0.15, 0.2) is 0 Å². The zero-order valence-corrected chi connectivity index (χ0v) is 16.2. The number of nitrogens with one attached hydrogen (secondary N) is 1. The van der Waals surface area contributed by atoms with Gasteiger partial charge in [-0.15, -0.1) is 0 Å². The van der Waals surface area contributed by atoms with Crippen molar-refractivity contribution in [3.63, 3.8) is 0 Å². The third kappa shape index (κ3) is 4.60. The van der Waals surface area contributed by atoms with Gasteiger partial charge in [-0.1, -0.05) is 18.2 Å². The van der Waals surface area contributed by atoms with Gasteiger partial charge in [0.2, 0.25) is 10.0 Å². The van der Waals surface area contributed by atoms with Gasteiger partial charge < -0.3 is 10.1 Å². The van der Waals surface area contributed by atoms with Crippen LogP contribution in [0.2, 0.25) is 0 Å². The lowest BCUT2D eigenvalue weighted by molar-refractivity contribution is 0.0954. The van der Waals surface area contributed by atoms with Crippen LogP contribution < -0.4 is 14.4 Å². The summed E-state index contributed by atoms with van der Waals surface area (Å²) in [6.07, 6.45) is 2.22. The van der Waals surface area contributed by atoms with Crippen molar-refractivity contribution in [2.24, 2.45) is 0 Å². The third-order valence-corrected chi connectivity index (χ3v) is 6.51. The quantitative estimate of drug-likeness (QED) is 0.825. The molecule has 0 atom stereocenters. The lowest BCUT2D eigenvalue weighted by Crippen LogP contribution is -2.37. The number of anilines is 1. The van der Waals surface area contributed by atoms with Gasteiger partial charge in [0.1, 0.15) is 5.75 Å². The lowest BCUT2D eigenvalue weighted by atomic mass is 10.1. The maximum atomic E-state index is 12.3. The Morgan fingerprint density at radius 3 is 2.56 bits per heavy atom. The molecule has 0 bridgehead atoms. The number of carbonyl (C=O) groups excluding carboxylic acids is 1. The topological polar surface area (TPSA) is 75.7 Å². The Bertz CT molecular complexity index is 894. The average Bonchev–Trinajstić information content (AvgIpc) is 2.68. The predicted octanol–water partition coefficient (Wildman–Crippen LogP) is 2.60. The highest BCUT2D eigenvalue weighted by Gasteiger charge is 2.25. The summed E-state index contributed by atoms with van der Waals surface area (Å²) in [6.45, 7) is 0.980. The first-order valence-corrected chi connectivity index (χ1v) is 10.6. The molecule has 27 heavy (non-hydrogen) atoms. The molecule has 1 aliphatic rings. The van der Waals surface area contributed by atoms with Crippen LogP contribution in [-0.4, -0.2) is 40.3 Å². The number of ether oxygens (including phenoxy) is 1. The van der Waals surface area contributed by atoms with Crippen LogP contribution in [0.25, 0.3) is 0 Å². The first kappa shape index (κ1) is 19.2. The lowest BCUT2D eigenvalue weighted by Gasteiger charge is -2.28. The van der Waals surface area contributed by atoms with E-state index in [1.54, 1.807) is 31.4 Å². The number of amides is 1. The van der Waals surface area contributed by atoms with Crippen molar-refractivity contribution in [2.75, 3.05) is 30.3 Å². The second-order valence-corrected chi connectivity index (χ2v) is 8.47. The van der Waals surface area contributed by atoms with E-state index in [0.717, 1.165) is 17.7 Å². The molecule has 1 fully saturated rings. The van der Waals surface area contributed by atoms with Crippen LogP contribution >= 0.6 is 0 Å². The smallest absolute Gasteiger partial charge is 0.251 e. The first-order valence-electron chi connectivity index (χ1n) is 9.02. The van der Waals surface area contributed by atoms with E-state index >= 15 is 0 Å². The molecule has 0 unspecified atom stereocenters. The molecule has 0 spiro atoms. The highest BCUT2D eigenvalue weighted by molar-refractivity contribution is 7.92. The zero-order chi connectivity index (χ0) is 19.3. The molecule has 3 rings (SSSR count). The first-order chi connectivity index (χ1) is 13.0. The molecule has 1 amide bonds. The van der Waals surface area contributed by atoms with Gasteiger partial charge in [-0.05, 0) is 55.2 Å². The van der Waals surface area contributed by atoms with E-state index < -0.39 is 10.0 Å². The van der Waals surface area contributed by atoms with Crippen LogP contribution in [0.5, 0.6) is 5.75 Å². The molecular formula is C20H24N2O4S. The Morgan fingerprint density at radius 1 is 1.11 bits per heavy atom. The largest absolute Gasteiger partial charge is 0.496 e. The molecule has 6 nitrogen and oxygen atoms in total.